The van der Waals surface area contributed by atoms with Crippen molar-refractivity contribution in [2.45, 2.75) is 0 Å². The van der Waals surface area contributed by atoms with Crippen LogP contribution >= 0.6 is 0 Å². The Labute approximate surface area is 96.1 Å². The topological polar surface area (TPSA) is 45.0 Å². The number of phenolic OH excluding ortho intramolecular Hbond substituents is 1. The van der Waals surface area contributed by atoms with Gasteiger partial charge in [-0.15, -0.1) is 5.11 Å². The summed E-state index contributed by atoms with van der Waals surface area (Å²) >= 11 is 0. The summed E-state index contributed by atoms with van der Waals surface area (Å²) in [5.74, 6) is -3.29. The van der Waals surface area contributed by atoms with E-state index in [1.165, 1.54) is 0 Å². The van der Waals surface area contributed by atoms with Crippen molar-refractivity contribution in [2.75, 3.05) is 0 Å². The number of azo groups is 1. The zero-order valence-corrected chi connectivity index (χ0v) is 8.64. The number of aromatic hydroxyl groups is 1. The molecule has 0 aromatic heterocycles. The average Bonchev–Trinajstić information content (AvgIpc) is 2.36. The van der Waals surface area contributed by atoms with Gasteiger partial charge in [-0.05, 0) is 24.3 Å². The van der Waals surface area contributed by atoms with Crippen molar-refractivity contribution in [3.05, 3.63) is 54.1 Å². The van der Waals surface area contributed by atoms with E-state index in [4.69, 9.17) is 5.11 Å². The highest BCUT2D eigenvalue weighted by Crippen LogP contribution is 2.27. The lowest BCUT2D eigenvalue weighted by Gasteiger charge is -1.99. The number of hydrogen-bond acceptors (Lipinski definition) is 3. The van der Waals surface area contributed by atoms with Crippen LogP contribution in [0.25, 0.3) is 0 Å². The molecule has 0 amide bonds. The van der Waals surface area contributed by atoms with Gasteiger partial charge in [0.25, 0.3) is 0 Å². The normalized spacial score (nSPS) is 10.9. The van der Waals surface area contributed by atoms with E-state index in [9.17, 15) is 8.78 Å². The molecule has 0 fully saturated rings. The summed E-state index contributed by atoms with van der Waals surface area (Å²) < 4.78 is 26.3. The van der Waals surface area contributed by atoms with Crippen LogP contribution in [-0.4, -0.2) is 5.11 Å². The molecule has 2 aromatic carbocycles. The largest absolute Gasteiger partial charge is 0.505 e. The Hall–Kier alpha value is -2.30. The molecule has 2 rings (SSSR count). The Morgan fingerprint density at radius 2 is 1.53 bits per heavy atom. The predicted molar refractivity (Wildman–Crippen MR) is 58.6 cm³/mol. The lowest BCUT2D eigenvalue weighted by molar-refractivity contribution is 0.407. The van der Waals surface area contributed by atoms with Gasteiger partial charge in [-0.3, -0.25) is 0 Å². The van der Waals surface area contributed by atoms with E-state index >= 15 is 0 Å². The Kier molecular flexibility index (Phi) is 3.09. The van der Waals surface area contributed by atoms with Gasteiger partial charge in [0.1, 0.15) is 5.69 Å². The van der Waals surface area contributed by atoms with E-state index < -0.39 is 17.4 Å². The van der Waals surface area contributed by atoms with Crippen LogP contribution in [0.4, 0.5) is 20.2 Å². The fourth-order valence-electron chi connectivity index (χ4n) is 1.21. The molecular formula is C12H8F2N2O. The van der Waals surface area contributed by atoms with Crippen molar-refractivity contribution in [3.63, 3.8) is 0 Å². The number of rotatable bonds is 2. The van der Waals surface area contributed by atoms with Gasteiger partial charge in [0.2, 0.25) is 5.82 Å². The van der Waals surface area contributed by atoms with E-state index in [2.05, 4.69) is 10.2 Å². The molecule has 3 nitrogen and oxygen atoms in total. The molecule has 5 heteroatoms. The minimum atomic E-state index is -1.32. The van der Waals surface area contributed by atoms with Crippen LogP contribution in [0.1, 0.15) is 0 Å². The van der Waals surface area contributed by atoms with Gasteiger partial charge >= 0.3 is 0 Å². The number of benzene rings is 2. The Bertz CT molecular complexity index is 556. The minimum absolute atomic E-state index is 0.260. The Balaban J connectivity index is 2.31. The first-order valence-corrected chi connectivity index (χ1v) is 4.82. The molecule has 2 aromatic rings. The van der Waals surface area contributed by atoms with Gasteiger partial charge in [0.05, 0.1) is 5.69 Å². The highest BCUT2D eigenvalue weighted by Gasteiger charge is 2.12. The van der Waals surface area contributed by atoms with Crippen molar-refractivity contribution in [1.29, 1.82) is 0 Å². The van der Waals surface area contributed by atoms with E-state index in [0.717, 1.165) is 12.1 Å². The predicted octanol–water partition coefficient (Wildman–Crippen LogP) is 4.09. The zero-order valence-electron chi connectivity index (χ0n) is 8.64. The van der Waals surface area contributed by atoms with Gasteiger partial charge in [0, 0.05) is 0 Å². The van der Waals surface area contributed by atoms with E-state index in [0.29, 0.717) is 5.69 Å². The smallest absolute Gasteiger partial charge is 0.202 e. The molecule has 0 bridgehead atoms. The maximum atomic E-state index is 13.3. The van der Waals surface area contributed by atoms with Gasteiger partial charge in [0.15, 0.2) is 11.6 Å². The number of nitrogens with zero attached hydrogens (tertiary/aromatic N) is 2. The van der Waals surface area contributed by atoms with Gasteiger partial charge in [-0.25, -0.2) is 4.39 Å². The van der Waals surface area contributed by atoms with Crippen LogP contribution in [0.3, 0.4) is 0 Å². The van der Waals surface area contributed by atoms with Crippen LogP contribution in [0, 0.1) is 11.6 Å². The van der Waals surface area contributed by atoms with Gasteiger partial charge in [-0.1, -0.05) is 18.2 Å². The van der Waals surface area contributed by atoms with Crippen molar-refractivity contribution < 1.29 is 13.9 Å². The first-order valence-electron chi connectivity index (χ1n) is 4.82. The van der Waals surface area contributed by atoms with Crippen LogP contribution in [0.15, 0.2) is 52.7 Å². The maximum absolute atomic E-state index is 13.3. The molecule has 0 saturated carbocycles. The van der Waals surface area contributed by atoms with Gasteiger partial charge in [-0.2, -0.15) is 9.50 Å². The summed E-state index contributed by atoms with van der Waals surface area (Å²) in [5.41, 5.74) is 0.268. The number of halogens is 2. The monoisotopic (exact) mass is 234 g/mol. The molecule has 86 valence electrons. The average molecular weight is 234 g/mol. The molecule has 0 saturated heterocycles. The highest BCUT2D eigenvalue weighted by atomic mass is 19.2. The Morgan fingerprint density at radius 3 is 2.24 bits per heavy atom. The third kappa shape index (κ3) is 2.44. The van der Waals surface area contributed by atoms with Crippen molar-refractivity contribution >= 4 is 11.4 Å². The van der Waals surface area contributed by atoms with E-state index in [-0.39, 0.29) is 5.69 Å². The molecule has 0 heterocycles. The molecule has 17 heavy (non-hydrogen) atoms. The summed E-state index contributed by atoms with van der Waals surface area (Å²) in [5, 5.41) is 16.2. The molecule has 0 atom stereocenters. The molecule has 0 aliphatic heterocycles. The number of phenols is 1. The van der Waals surface area contributed by atoms with Crippen LogP contribution < -0.4 is 0 Å². The van der Waals surface area contributed by atoms with Crippen molar-refractivity contribution in [2.24, 2.45) is 10.2 Å². The summed E-state index contributed by atoms with van der Waals surface area (Å²) in [6.07, 6.45) is 0. The quantitative estimate of drug-likeness (QED) is 0.781. The first-order chi connectivity index (χ1) is 8.18. The fraction of sp³-hybridized carbons (Fsp3) is 0. The van der Waals surface area contributed by atoms with E-state index in [1.54, 1.807) is 30.3 Å². The van der Waals surface area contributed by atoms with Crippen LogP contribution in [0.2, 0.25) is 0 Å². The molecule has 0 radical (unpaired) electrons. The van der Waals surface area contributed by atoms with Crippen molar-refractivity contribution in [3.8, 4) is 5.75 Å². The molecule has 1 N–H and O–H groups in total. The summed E-state index contributed by atoms with van der Waals surface area (Å²) in [4.78, 5) is 0. The lowest BCUT2D eigenvalue weighted by atomic mass is 10.3. The van der Waals surface area contributed by atoms with Crippen molar-refractivity contribution in [1.82, 2.24) is 0 Å². The van der Waals surface area contributed by atoms with Crippen LogP contribution in [-0.2, 0) is 0 Å². The molecule has 0 spiro atoms. The zero-order chi connectivity index (χ0) is 12.3. The standard InChI is InChI=1S/C12H8F2N2O/c13-11-9(6-7-10(17)12(11)14)16-15-8-4-2-1-3-5-8/h1-7,17H. The van der Waals surface area contributed by atoms with Crippen LogP contribution in [0.5, 0.6) is 5.75 Å². The third-order valence-corrected chi connectivity index (χ3v) is 2.07. The molecular weight excluding hydrogens is 226 g/mol. The van der Waals surface area contributed by atoms with Gasteiger partial charge < -0.3 is 5.11 Å². The number of hydrogen-bond donors (Lipinski definition) is 1. The van der Waals surface area contributed by atoms with E-state index in [1.807, 2.05) is 0 Å². The second-order valence-corrected chi connectivity index (χ2v) is 3.27. The molecule has 0 unspecified atom stereocenters. The second-order valence-electron chi connectivity index (χ2n) is 3.27. The highest BCUT2D eigenvalue weighted by molar-refractivity contribution is 5.44. The summed E-state index contributed by atoms with van der Waals surface area (Å²) in [7, 11) is 0. The summed E-state index contributed by atoms with van der Waals surface area (Å²) in [6, 6.07) is 10.8. The molecule has 0 aliphatic rings. The fourth-order valence-corrected chi connectivity index (χ4v) is 1.21. The third-order valence-electron chi connectivity index (χ3n) is 2.07. The minimum Gasteiger partial charge on any atom is -0.505 e. The Morgan fingerprint density at radius 1 is 0.824 bits per heavy atom. The summed E-state index contributed by atoms with van der Waals surface area (Å²) in [6.45, 7) is 0. The second kappa shape index (κ2) is 4.69. The lowest BCUT2D eigenvalue weighted by Crippen LogP contribution is -1.84. The SMILES string of the molecule is Oc1ccc(N=Nc2ccccc2)c(F)c1F. The molecule has 0 aliphatic carbocycles. The first kappa shape index (κ1) is 11.2. The maximum Gasteiger partial charge on any atom is 0.202 e.